The van der Waals surface area contributed by atoms with E-state index in [-0.39, 0.29) is 36.2 Å². The second kappa shape index (κ2) is 10.0. The van der Waals surface area contributed by atoms with Gasteiger partial charge in [0.05, 0.1) is 11.1 Å². The Kier molecular flexibility index (Phi) is 6.89. The van der Waals surface area contributed by atoms with Crippen molar-refractivity contribution in [2.45, 2.75) is 50.5 Å². The van der Waals surface area contributed by atoms with E-state index < -0.39 is 23.5 Å². The quantitative estimate of drug-likeness (QED) is 0.265. The smallest absolute Gasteiger partial charge is 0.361 e. The zero-order valence-corrected chi connectivity index (χ0v) is 20.3. The molecule has 1 saturated heterocycles. The molecule has 2 aromatic heterocycles. The van der Waals surface area contributed by atoms with Crippen LogP contribution in [0.15, 0.2) is 53.5 Å². The van der Waals surface area contributed by atoms with Gasteiger partial charge in [-0.3, -0.25) is 4.57 Å². The number of nitrogens with zero attached hydrogens (tertiary/aromatic N) is 1. The molecule has 11 heteroatoms. The van der Waals surface area contributed by atoms with E-state index in [1.165, 1.54) is 0 Å². The third-order valence-electron chi connectivity index (χ3n) is 7.13. The maximum absolute atomic E-state index is 13.4. The Hall–Kier alpha value is -3.47. The zero-order chi connectivity index (χ0) is 27.1. The first-order chi connectivity index (χ1) is 18.0. The summed E-state index contributed by atoms with van der Waals surface area (Å²) in [7, 11) is 0. The van der Waals surface area contributed by atoms with E-state index in [9.17, 15) is 31.1 Å². The average molecular weight is 537 g/mol. The van der Waals surface area contributed by atoms with Gasteiger partial charge in [0.15, 0.2) is 0 Å². The molecular formula is C27H26F6N4O. The molecule has 2 aromatic carbocycles. The maximum Gasteiger partial charge on any atom is 0.416 e. The van der Waals surface area contributed by atoms with E-state index in [1.807, 2.05) is 30.5 Å². The van der Waals surface area contributed by atoms with E-state index in [1.54, 1.807) is 4.57 Å². The lowest BCUT2D eigenvalue weighted by molar-refractivity contribution is -0.143. The number of piperidine rings is 1. The molecule has 5 nitrogen and oxygen atoms in total. The van der Waals surface area contributed by atoms with Crippen molar-refractivity contribution in [3.8, 4) is 0 Å². The first-order valence-corrected chi connectivity index (χ1v) is 12.4. The first kappa shape index (κ1) is 26.1. The molecule has 0 atom stereocenters. The number of alkyl halides is 6. The molecule has 38 heavy (non-hydrogen) atoms. The number of hydrogen-bond acceptors (Lipinski definition) is 2. The van der Waals surface area contributed by atoms with Gasteiger partial charge in [-0.25, -0.2) is 4.79 Å². The van der Waals surface area contributed by atoms with Crippen LogP contribution in [0.25, 0.3) is 10.9 Å². The van der Waals surface area contributed by atoms with Crippen LogP contribution in [0.2, 0.25) is 0 Å². The van der Waals surface area contributed by atoms with Crippen LogP contribution in [-0.2, 0) is 31.6 Å². The minimum Gasteiger partial charge on any atom is -0.361 e. The molecule has 0 bridgehead atoms. The number of aromatic amines is 2. The Labute approximate surface area is 213 Å². The second-order valence-electron chi connectivity index (χ2n) is 9.66. The molecule has 0 spiro atoms. The van der Waals surface area contributed by atoms with Crippen LogP contribution >= 0.6 is 0 Å². The second-order valence-corrected chi connectivity index (χ2v) is 9.66. The van der Waals surface area contributed by atoms with Crippen LogP contribution in [0.3, 0.4) is 0 Å². The number of para-hydroxylation sites is 1. The lowest BCUT2D eigenvalue weighted by Crippen LogP contribution is -2.34. The fraction of sp³-hybridized carbons (Fsp3) is 0.370. The Bertz CT molecular complexity index is 1460. The number of imidazole rings is 1. The lowest BCUT2D eigenvalue weighted by Gasteiger charge is -2.25. The summed E-state index contributed by atoms with van der Waals surface area (Å²) >= 11 is 0. The van der Waals surface area contributed by atoms with Crippen LogP contribution in [-0.4, -0.2) is 27.6 Å². The summed E-state index contributed by atoms with van der Waals surface area (Å²) in [5.41, 5.74) is -0.0129. The summed E-state index contributed by atoms with van der Waals surface area (Å²) in [5, 5.41) is 4.22. The van der Waals surface area contributed by atoms with Gasteiger partial charge >= 0.3 is 18.0 Å². The molecule has 202 valence electrons. The normalized spacial score (nSPS) is 15.4. The van der Waals surface area contributed by atoms with E-state index in [0.717, 1.165) is 28.6 Å². The number of hydrogen-bond donors (Lipinski definition) is 3. The van der Waals surface area contributed by atoms with E-state index in [4.69, 9.17) is 0 Å². The molecule has 0 unspecified atom stereocenters. The van der Waals surface area contributed by atoms with Crippen molar-refractivity contribution < 1.29 is 26.3 Å². The number of aromatic nitrogens is 3. The molecule has 1 aliphatic heterocycles. The molecule has 0 saturated carbocycles. The minimum atomic E-state index is -4.91. The van der Waals surface area contributed by atoms with Gasteiger partial charge in [0.25, 0.3) is 0 Å². The van der Waals surface area contributed by atoms with E-state index in [2.05, 4.69) is 15.3 Å². The highest BCUT2D eigenvalue weighted by Crippen LogP contribution is 2.37. The summed E-state index contributed by atoms with van der Waals surface area (Å²) in [6.07, 6.45) is -6.21. The summed E-state index contributed by atoms with van der Waals surface area (Å²) in [4.78, 5) is 19.2. The van der Waals surface area contributed by atoms with Crippen molar-refractivity contribution in [1.29, 1.82) is 0 Å². The van der Waals surface area contributed by atoms with Crippen molar-refractivity contribution in [2.75, 3.05) is 13.1 Å². The van der Waals surface area contributed by atoms with Crippen molar-refractivity contribution >= 4 is 10.9 Å². The van der Waals surface area contributed by atoms with Crippen molar-refractivity contribution in [3.05, 3.63) is 92.8 Å². The maximum atomic E-state index is 13.4. The third kappa shape index (κ3) is 5.38. The number of halogens is 6. The number of benzene rings is 2. The Morgan fingerprint density at radius 2 is 1.55 bits per heavy atom. The fourth-order valence-electron chi connectivity index (χ4n) is 5.29. The summed E-state index contributed by atoms with van der Waals surface area (Å²) in [6, 6.07) is 9.20. The van der Waals surface area contributed by atoms with E-state index in [0.29, 0.717) is 43.7 Å². The van der Waals surface area contributed by atoms with Crippen LogP contribution < -0.4 is 11.0 Å². The van der Waals surface area contributed by atoms with Gasteiger partial charge in [-0.2, -0.15) is 26.3 Å². The molecule has 3 heterocycles. The molecule has 0 radical (unpaired) electrons. The Balaban J connectivity index is 1.53. The van der Waals surface area contributed by atoms with Gasteiger partial charge in [0.2, 0.25) is 0 Å². The lowest BCUT2D eigenvalue weighted by atomic mass is 9.98. The van der Waals surface area contributed by atoms with Crippen LogP contribution in [0.4, 0.5) is 26.3 Å². The molecule has 4 aromatic rings. The number of aryl methyl sites for hydroxylation is 1. The monoisotopic (exact) mass is 536 g/mol. The molecule has 1 aliphatic rings. The SMILES string of the molecule is O=c1[nH]c(Cc2c[nH]c3ccccc23)c(CCc2cc(C(F)(F)F)cc(C(F)(F)F)c2)n1C1CCNCC1. The van der Waals surface area contributed by atoms with Gasteiger partial charge in [-0.1, -0.05) is 18.2 Å². The van der Waals surface area contributed by atoms with Gasteiger partial charge in [0, 0.05) is 41.0 Å². The van der Waals surface area contributed by atoms with Gasteiger partial charge in [0.1, 0.15) is 0 Å². The number of nitrogens with one attached hydrogen (secondary N) is 3. The number of H-pyrrole nitrogens is 2. The highest BCUT2D eigenvalue weighted by Gasteiger charge is 2.37. The fourth-order valence-corrected chi connectivity index (χ4v) is 5.29. The van der Waals surface area contributed by atoms with Crippen LogP contribution in [0, 0.1) is 0 Å². The highest BCUT2D eigenvalue weighted by molar-refractivity contribution is 5.83. The summed E-state index contributed by atoms with van der Waals surface area (Å²) in [6.45, 7) is 1.42. The molecule has 0 amide bonds. The minimum absolute atomic E-state index is 0.0872. The number of fused-ring (bicyclic) bond motifs is 1. The highest BCUT2D eigenvalue weighted by atomic mass is 19.4. The van der Waals surface area contributed by atoms with Crippen LogP contribution in [0.5, 0.6) is 0 Å². The Morgan fingerprint density at radius 1 is 0.895 bits per heavy atom. The van der Waals surface area contributed by atoms with Crippen LogP contribution in [0.1, 0.15) is 52.5 Å². The topological polar surface area (TPSA) is 65.6 Å². The molecule has 3 N–H and O–H groups in total. The molecular weight excluding hydrogens is 510 g/mol. The van der Waals surface area contributed by atoms with Crippen molar-refractivity contribution in [2.24, 2.45) is 0 Å². The third-order valence-corrected chi connectivity index (χ3v) is 7.13. The standard InChI is InChI=1S/C27H26F6N4O/c28-26(29,30)18-11-16(12-19(14-18)27(31,32)33)5-6-24-23(13-17-15-35-22-4-2-1-3-21(17)22)36-25(38)37(24)20-7-9-34-10-8-20/h1-4,11-12,14-15,20,34-35H,5-10,13H2,(H,36,38). The zero-order valence-electron chi connectivity index (χ0n) is 20.3. The van der Waals surface area contributed by atoms with Crippen molar-refractivity contribution in [3.63, 3.8) is 0 Å². The predicted molar refractivity (Wildman–Crippen MR) is 131 cm³/mol. The first-order valence-electron chi connectivity index (χ1n) is 12.4. The predicted octanol–water partition coefficient (Wildman–Crippen LogP) is 6.00. The summed E-state index contributed by atoms with van der Waals surface area (Å²) in [5.74, 6) is 0. The number of rotatable bonds is 6. The molecule has 0 aliphatic carbocycles. The van der Waals surface area contributed by atoms with Gasteiger partial charge in [-0.15, -0.1) is 0 Å². The van der Waals surface area contributed by atoms with E-state index >= 15 is 0 Å². The van der Waals surface area contributed by atoms with Gasteiger partial charge in [-0.05, 0) is 74.2 Å². The molecule has 1 fully saturated rings. The Morgan fingerprint density at radius 3 is 2.21 bits per heavy atom. The van der Waals surface area contributed by atoms with Crippen molar-refractivity contribution in [1.82, 2.24) is 19.9 Å². The largest absolute Gasteiger partial charge is 0.416 e. The van der Waals surface area contributed by atoms with Gasteiger partial charge < -0.3 is 15.3 Å². The molecule has 5 rings (SSSR count). The summed E-state index contributed by atoms with van der Waals surface area (Å²) < 4.78 is 82.0. The average Bonchev–Trinajstić information content (AvgIpc) is 3.42.